The van der Waals surface area contributed by atoms with Crippen LogP contribution in [-0.4, -0.2) is 25.5 Å². The minimum atomic E-state index is -3.83. The van der Waals surface area contributed by atoms with E-state index in [0.29, 0.717) is 0 Å². The van der Waals surface area contributed by atoms with Crippen LogP contribution in [0, 0.1) is 19.8 Å². The van der Waals surface area contributed by atoms with E-state index < -0.39 is 22.0 Å². The molecule has 0 radical (unpaired) electrons. The molecule has 6 heteroatoms. The van der Waals surface area contributed by atoms with Gasteiger partial charge in [-0.1, -0.05) is 19.9 Å². The van der Waals surface area contributed by atoms with Crippen molar-refractivity contribution in [3.05, 3.63) is 29.3 Å². The minimum absolute atomic E-state index is 0.0944. The summed E-state index contributed by atoms with van der Waals surface area (Å²) in [6.07, 6.45) is 0. The number of aryl methyl sites for hydroxylation is 2. The SMILES string of the molecule is Cc1cc(C)cc(S(=O)(=O)NC(C(=O)O)C(C)C)c1. The molecule has 0 bridgehead atoms. The number of rotatable bonds is 5. The van der Waals surface area contributed by atoms with Crippen molar-refractivity contribution in [2.24, 2.45) is 5.92 Å². The number of carbonyl (C=O) groups is 1. The molecule has 0 fully saturated rings. The molecule has 1 rings (SSSR count). The molecule has 0 amide bonds. The van der Waals surface area contributed by atoms with E-state index in [2.05, 4.69) is 4.72 Å². The van der Waals surface area contributed by atoms with Crippen LogP contribution in [0.2, 0.25) is 0 Å². The van der Waals surface area contributed by atoms with Gasteiger partial charge in [0.05, 0.1) is 4.90 Å². The summed E-state index contributed by atoms with van der Waals surface area (Å²) >= 11 is 0. The molecular formula is C13H19NO4S. The third-order valence-corrected chi connectivity index (χ3v) is 4.14. The summed E-state index contributed by atoms with van der Waals surface area (Å²) in [6, 6.07) is 3.77. The average molecular weight is 285 g/mol. The lowest BCUT2D eigenvalue weighted by atomic mass is 10.1. The second-order valence-electron chi connectivity index (χ2n) is 5.00. The van der Waals surface area contributed by atoms with Crippen molar-refractivity contribution in [2.45, 2.75) is 38.6 Å². The lowest BCUT2D eigenvalue weighted by Crippen LogP contribution is -2.44. The minimum Gasteiger partial charge on any atom is -0.480 e. The highest BCUT2D eigenvalue weighted by Gasteiger charge is 2.28. The van der Waals surface area contributed by atoms with E-state index in [-0.39, 0.29) is 10.8 Å². The zero-order valence-corrected chi connectivity index (χ0v) is 12.3. The molecule has 5 nitrogen and oxygen atoms in total. The van der Waals surface area contributed by atoms with Gasteiger partial charge >= 0.3 is 5.97 Å². The summed E-state index contributed by atoms with van der Waals surface area (Å²) in [5.41, 5.74) is 1.63. The molecule has 0 saturated carbocycles. The van der Waals surface area contributed by atoms with Gasteiger partial charge in [0.2, 0.25) is 10.0 Å². The fourth-order valence-corrected chi connectivity index (χ4v) is 3.32. The van der Waals surface area contributed by atoms with Crippen LogP contribution in [0.1, 0.15) is 25.0 Å². The first-order chi connectivity index (χ1) is 8.63. The average Bonchev–Trinajstić information content (AvgIpc) is 2.23. The molecule has 0 aliphatic heterocycles. The molecule has 0 aliphatic carbocycles. The summed E-state index contributed by atoms with van der Waals surface area (Å²) in [4.78, 5) is 11.2. The van der Waals surface area contributed by atoms with Gasteiger partial charge in [-0.05, 0) is 43.0 Å². The third kappa shape index (κ3) is 4.04. The predicted octanol–water partition coefficient (Wildman–Crippen LogP) is 1.69. The van der Waals surface area contributed by atoms with Crippen molar-refractivity contribution >= 4 is 16.0 Å². The van der Waals surface area contributed by atoms with Gasteiger partial charge in [0, 0.05) is 0 Å². The molecule has 1 aromatic carbocycles. The van der Waals surface area contributed by atoms with Gasteiger partial charge in [-0.25, -0.2) is 8.42 Å². The molecule has 0 heterocycles. The Morgan fingerprint density at radius 3 is 2.00 bits per heavy atom. The molecule has 1 unspecified atom stereocenters. The van der Waals surface area contributed by atoms with Gasteiger partial charge in [0.15, 0.2) is 0 Å². The number of benzene rings is 1. The fourth-order valence-electron chi connectivity index (χ4n) is 1.79. The van der Waals surface area contributed by atoms with E-state index in [1.165, 1.54) is 12.1 Å². The van der Waals surface area contributed by atoms with E-state index in [4.69, 9.17) is 5.11 Å². The van der Waals surface area contributed by atoms with Crippen LogP contribution in [0.15, 0.2) is 23.1 Å². The molecule has 106 valence electrons. The number of hydrogen-bond acceptors (Lipinski definition) is 3. The van der Waals surface area contributed by atoms with Crippen molar-refractivity contribution in [3.63, 3.8) is 0 Å². The van der Waals surface area contributed by atoms with Gasteiger partial charge in [0.1, 0.15) is 6.04 Å². The Morgan fingerprint density at radius 2 is 1.63 bits per heavy atom. The molecule has 0 aliphatic rings. The Morgan fingerprint density at radius 1 is 1.16 bits per heavy atom. The highest BCUT2D eigenvalue weighted by molar-refractivity contribution is 7.89. The Hall–Kier alpha value is -1.40. The maximum Gasteiger partial charge on any atom is 0.322 e. The molecule has 2 N–H and O–H groups in total. The van der Waals surface area contributed by atoms with Gasteiger partial charge in [-0.15, -0.1) is 0 Å². The van der Waals surface area contributed by atoms with Gasteiger partial charge < -0.3 is 5.11 Å². The van der Waals surface area contributed by atoms with Gasteiger partial charge in [0.25, 0.3) is 0 Å². The Balaban J connectivity index is 3.13. The Bertz CT molecular complexity index is 558. The zero-order chi connectivity index (χ0) is 14.8. The van der Waals surface area contributed by atoms with Gasteiger partial charge in [-0.3, -0.25) is 4.79 Å². The first-order valence-electron chi connectivity index (χ1n) is 5.97. The van der Waals surface area contributed by atoms with E-state index in [0.717, 1.165) is 11.1 Å². The summed E-state index contributed by atoms with van der Waals surface area (Å²) in [5.74, 6) is -1.51. The predicted molar refractivity (Wildman–Crippen MR) is 72.5 cm³/mol. The number of carboxylic acids is 1. The van der Waals surface area contributed by atoms with Crippen LogP contribution in [0.4, 0.5) is 0 Å². The molecule has 1 atom stereocenters. The van der Waals surface area contributed by atoms with Crippen LogP contribution < -0.4 is 4.72 Å². The number of sulfonamides is 1. The highest BCUT2D eigenvalue weighted by Crippen LogP contribution is 2.16. The highest BCUT2D eigenvalue weighted by atomic mass is 32.2. The summed E-state index contributed by atoms with van der Waals surface area (Å²) in [7, 11) is -3.83. The largest absolute Gasteiger partial charge is 0.480 e. The van der Waals surface area contributed by atoms with E-state index in [1.54, 1.807) is 27.7 Å². The molecular weight excluding hydrogens is 266 g/mol. The van der Waals surface area contributed by atoms with Crippen LogP contribution in [0.3, 0.4) is 0 Å². The monoisotopic (exact) mass is 285 g/mol. The van der Waals surface area contributed by atoms with Crippen LogP contribution in [0.5, 0.6) is 0 Å². The molecule has 0 spiro atoms. The lowest BCUT2D eigenvalue weighted by molar-refractivity contribution is -0.140. The second kappa shape index (κ2) is 5.71. The van der Waals surface area contributed by atoms with Crippen LogP contribution in [-0.2, 0) is 14.8 Å². The molecule has 0 aromatic heterocycles. The Labute approximate surface area is 113 Å². The quantitative estimate of drug-likeness (QED) is 0.862. The third-order valence-electron chi connectivity index (χ3n) is 2.72. The number of carboxylic acid groups (broad SMARTS) is 1. The number of hydrogen-bond donors (Lipinski definition) is 2. The fraction of sp³-hybridized carbons (Fsp3) is 0.462. The van der Waals surface area contributed by atoms with Crippen LogP contribution >= 0.6 is 0 Å². The normalized spacial score (nSPS) is 13.5. The first-order valence-corrected chi connectivity index (χ1v) is 7.45. The number of aliphatic carboxylic acids is 1. The van der Waals surface area contributed by atoms with Crippen molar-refractivity contribution in [2.75, 3.05) is 0 Å². The maximum absolute atomic E-state index is 12.2. The lowest BCUT2D eigenvalue weighted by Gasteiger charge is -2.18. The van der Waals surface area contributed by atoms with E-state index in [1.807, 2.05) is 6.07 Å². The van der Waals surface area contributed by atoms with Gasteiger partial charge in [-0.2, -0.15) is 4.72 Å². The zero-order valence-electron chi connectivity index (χ0n) is 11.5. The summed E-state index contributed by atoms with van der Waals surface area (Å²) in [5, 5.41) is 9.04. The topological polar surface area (TPSA) is 83.5 Å². The van der Waals surface area contributed by atoms with E-state index >= 15 is 0 Å². The number of nitrogens with one attached hydrogen (secondary N) is 1. The standard InChI is InChI=1S/C13H19NO4S/c1-8(2)12(13(15)16)14-19(17,18)11-6-9(3)5-10(4)7-11/h5-8,12,14H,1-4H3,(H,15,16). The first kappa shape index (κ1) is 15.7. The van der Waals surface area contributed by atoms with E-state index in [9.17, 15) is 13.2 Å². The summed E-state index contributed by atoms with van der Waals surface area (Å²) in [6.45, 7) is 6.90. The second-order valence-corrected chi connectivity index (χ2v) is 6.72. The molecule has 1 aromatic rings. The van der Waals surface area contributed by atoms with Crippen LogP contribution in [0.25, 0.3) is 0 Å². The van der Waals surface area contributed by atoms with Crippen molar-refractivity contribution in [1.29, 1.82) is 0 Å². The Kier molecular flexibility index (Phi) is 4.70. The van der Waals surface area contributed by atoms with Crippen molar-refractivity contribution < 1.29 is 18.3 Å². The summed E-state index contributed by atoms with van der Waals surface area (Å²) < 4.78 is 26.6. The smallest absolute Gasteiger partial charge is 0.322 e. The maximum atomic E-state index is 12.2. The molecule has 19 heavy (non-hydrogen) atoms. The van der Waals surface area contributed by atoms with Crippen molar-refractivity contribution in [1.82, 2.24) is 4.72 Å². The van der Waals surface area contributed by atoms with Crippen molar-refractivity contribution in [3.8, 4) is 0 Å². The molecule has 0 saturated heterocycles.